The Bertz CT molecular complexity index is 1140. The summed E-state index contributed by atoms with van der Waals surface area (Å²) in [7, 11) is 0. The van der Waals surface area contributed by atoms with Crippen molar-refractivity contribution in [3.05, 3.63) is 81.8 Å². The van der Waals surface area contributed by atoms with Crippen LogP contribution in [-0.4, -0.2) is 55.1 Å². The molecule has 0 aliphatic carbocycles. The first-order valence-corrected chi connectivity index (χ1v) is 15.2. The average molecular weight is 686 g/mol. The molecule has 2 aromatic rings. The number of esters is 2. The predicted molar refractivity (Wildman–Crippen MR) is 137 cm³/mol. The molecule has 2 aromatic carbocycles. The van der Waals surface area contributed by atoms with E-state index in [1.54, 1.807) is 18.8 Å². The first-order valence-electron chi connectivity index (χ1n) is 11.6. The molecule has 0 saturated heterocycles. The minimum absolute atomic E-state index is 0.00425. The Labute approximate surface area is 235 Å². The van der Waals surface area contributed by atoms with Crippen LogP contribution in [0.5, 0.6) is 0 Å². The van der Waals surface area contributed by atoms with Crippen molar-refractivity contribution in [2.24, 2.45) is 5.41 Å². The maximum atomic E-state index is 13.1. The minimum atomic E-state index is -4.51. The first-order chi connectivity index (χ1) is 18.3. The average Bonchev–Trinajstić information content (AvgIpc) is 2.86. The third-order valence-electron chi connectivity index (χ3n) is 5.24. The Morgan fingerprint density at radius 2 is 1.23 bits per heavy atom. The van der Waals surface area contributed by atoms with Gasteiger partial charge in [-0.05, 0) is 0 Å². The molecule has 0 unspecified atom stereocenters. The van der Waals surface area contributed by atoms with Crippen LogP contribution in [0.25, 0.3) is 0 Å². The summed E-state index contributed by atoms with van der Waals surface area (Å²) >= 11 is -1.15. The second-order valence-electron chi connectivity index (χ2n) is 8.04. The van der Waals surface area contributed by atoms with E-state index >= 15 is 0 Å². The standard InChI is InChI=1S/C27H26F6O4Se2/c1-4-15-25(23(34)36-5-2,24(35)37-6-3)16-22(39-21-13-9-19(10-14-21)27(31,32)33)17-38-20-11-7-18(8-12-20)26(28,29)30/h4,7-14,17H,1,5-6,15-16H2,2-3H3/b22-17+. The van der Waals surface area contributed by atoms with Gasteiger partial charge in [0.15, 0.2) is 0 Å². The number of ether oxygens (including phenoxy) is 2. The Morgan fingerprint density at radius 1 is 0.795 bits per heavy atom. The molecule has 0 spiro atoms. The molecular formula is C27H26F6O4Se2. The van der Waals surface area contributed by atoms with Gasteiger partial charge in [-0.25, -0.2) is 0 Å². The first kappa shape index (κ1) is 32.7. The number of rotatable bonds is 12. The number of halogens is 6. The zero-order chi connectivity index (χ0) is 29.3. The Balaban J connectivity index is 2.51. The fourth-order valence-corrected chi connectivity index (χ4v) is 7.75. The molecule has 0 aliphatic heterocycles. The van der Waals surface area contributed by atoms with Gasteiger partial charge >= 0.3 is 236 Å². The van der Waals surface area contributed by atoms with Crippen LogP contribution < -0.4 is 8.92 Å². The van der Waals surface area contributed by atoms with Crippen molar-refractivity contribution in [2.45, 2.75) is 39.0 Å². The molecule has 2 rings (SSSR count). The fraction of sp³-hybridized carbons (Fsp3) is 0.333. The summed E-state index contributed by atoms with van der Waals surface area (Å²) in [5.41, 5.74) is -3.39. The molecule has 0 radical (unpaired) electrons. The number of hydrogen-bond acceptors (Lipinski definition) is 4. The summed E-state index contributed by atoms with van der Waals surface area (Å²) in [6.45, 7) is 6.81. The molecule has 0 heterocycles. The van der Waals surface area contributed by atoms with E-state index in [-0.39, 0.29) is 26.1 Å². The van der Waals surface area contributed by atoms with Crippen molar-refractivity contribution in [1.82, 2.24) is 0 Å². The zero-order valence-electron chi connectivity index (χ0n) is 21.0. The van der Waals surface area contributed by atoms with Crippen LogP contribution in [0.3, 0.4) is 0 Å². The molecule has 39 heavy (non-hydrogen) atoms. The number of carbonyl (C=O) groups is 2. The Kier molecular flexibility index (Phi) is 11.9. The molecule has 212 valence electrons. The van der Waals surface area contributed by atoms with Crippen molar-refractivity contribution >= 4 is 50.8 Å². The van der Waals surface area contributed by atoms with Gasteiger partial charge in [-0.1, -0.05) is 0 Å². The second-order valence-corrected chi connectivity index (χ2v) is 12.5. The molecule has 4 nitrogen and oxygen atoms in total. The summed E-state index contributed by atoms with van der Waals surface area (Å²) in [6.07, 6.45) is -7.87. The van der Waals surface area contributed by atoms with Gasteiger partial charge in [-0.3, -0.25) is 0 Å². The fourth-order valence-electron chi connectivity index (χ4n) is 3.37. The van der Waals surface area contributed by atoms with Crippen LogP contribution in [0.15, 0.2) is 70.6 Å². The van der Waals surface area contributed by atoms with E-state index in [0.29, 0.717) is 13.4 Å². The molecule has 0 aliphatic rings. The van der Waals surface area contributed by atoms with Crippen molar-refractivity contribution < 1.29 is 45.4 Å². The second kappa shape index (κ2) is 14.2. The molecule has 0 saturated carbocycles. The van der Waals surface area contributed by atoms with E-state index in [4.69, 9.17) is 9.47 Å². The summed E-state index contributed by atoms with van der Waals surface area (Å²) in [6, 6.07) is 9.16. The van der Waals surface area contributed by atoms with Crippen LogP contribution >= 0.6 is 0 Å². The number of carbonyl (C=O) groups excluding carboxylic acids is 2. The number of allylic oxidation sites excluding steroid dienone is 2. The van der Waals surface area contributed by atoms with Crippen molar-refractivity contribution in [3.8, 4) is 0 Å². The monoisotopic (exact) mass is 688 g/mol. The van der Waals surface area contributed by atoms with E-state index in [2.05, 4.69) is 6.58 Å². The summed E-state index contributed by atoms with van der Waals surface area (Å²) in [5.74, 6) is -1.64. The van der Waals surface area contributed by atoms with Crippen molar-refractivity contribution in [2.75, 3.05) is 13.2 Å². The summed E-state index contributed by atoms with van der Waals surface area (Å²) in [4.78, 5) is 27.9. The molecule has 0 atom stereocenters. The molecule has 0 amide bonds. The topological polar surface area (TPSA) is 52.6 Å². The Hall–Kier alpha value is -2.52. The third-order valence-corrected chi connectivity index (χ3v) is 10.1. The molecule has 0 fully saturated rings. The van der Waals surface area contributed by atoms with Gasteiger partial charge in [-0.15, -0.1) is 0 Å². The van der Waals surface area contributed by atoms with E-state index in [0.717, 1.165) is 24.3 Å². The molecule has 0 bridgehead atoms. The van der Waals surface area contributed by atoms with Crippen LogP contribution in [0.1, 0.15) is 37.8 Å². The normalized spacial score (nSPS) is 12.7. The molecular weight excluding hydrogens is 660 g/mol. The van der Waals surface area contributed by atoms with Gasteiger partial charge < -0.3 is 0 Å². The number of hydrogen-bond donors (Lipinski definition) is 0. The van der Waals surface area contributed by atoms with Gasteiger partial charge in [0.25, 0.3) is 0 Å². The van der Waals surface area contributed by atoms with Crippen LogP contribution in [0.2, 0.25) is 0 Å². The van der Waals surface area contributed by atoms with Gasteiger partial charge in [0.1, 0.15) is 0 Å². The molecule has 0 aromatic heterocycles. The van der Waals surface area contributed by atoms with E-state index in [9.17, 15) is 35.9 Å². The van der Waals surface area contributed by atoms with Gasteiger partial charge in [-0.2, -0.15) is 0 Å². The number of benzene rings is 2. The molecule has 0 N–H and O–H groups in total. The van der Waals surface area contributed by atoms with E-state index in [1.807, 2.05) is 0 Å². The van der Waals surface area contributed by atoms with Crippen LogP contribution in [-0.2, 0) is 31.4 Å². The third kappa shape index (κ3) is 9.27. The predicted octanol–water partition coefficient (Wildman–Crippen LogP) is 5.00. The van der Waals surface area contributed by atoms with Gasteiger partial charge in [0.05, 0.1) is 0 Å². The van der Waals surface area contributed by atoms with E-state index in [1.165, 1.54) is 30.3 Å². The Morgan fingerprint density at radius 3 is 1.62 bits per heavy atom. The SMILES string of the molecule is C=CCC(C/C(=C\[Se]c1ccc(C(F)(F)F)cc1)[Se]c1ccc(C(F)(F)F)cc1)(C(=O)OCC)C(=O)OCC. The zero-order valence-corrected chi connectivity index (χ0v) is 24.5. The van der Waals surface area contributed by atoms with E-state index < -0.39 is 70.7 Å². The van der Waals surface area contributed by atoms with Crippen LogP contribution in [0.4, 0.5) is 26.3 Å². The van der Waals surface area contributed by atoms with Crippen LogP contribution in [0, 0.1) is 5.41 Å². The maximum absolute atomic E-state index is 13.1. The summed E-state index contributed by atoms with van der Waals surface area (Å²) < 4.78 is 90.1. The van der Waals surface area contributed by atoms with Gasteiger partial charge in [0, 0.05) is 0 Å². The van der Waals surface area contributed by atoms with Crippen molar-refractivity contribution in [3.63, 3.8) is 0 Å². The van der Waals surface area contributed by atoms with Crippen molar-refractivity contribution in [1.29, 1.82) is 0 Å². The molecule has 12 heteroatoms. The quantitative estimate of drug-likeness (QED) is 0.104. The number of alkyl halides is 6. The van der Waals surface area contributed by atoms with Gasteiger partial charge in [0.2, 0.25) is 0 Å². The summed E-state index contributed by atoms with van der Waals surface area (Å²) in [5, 5.41) is 0.